The molecule has 6 nitrogen and oxygen atoms in total. The number of methoxy groups -OCH3 is 1. The molecule has 0 saturated carbocycles. The predicted octanol–water partition coefficient (Wildman–Crippen LogP) is 4.16. The van der Waals surface area contributed by atoms with E-state index in [0.717, 1.165) is 11.3 Å². The van der Waals surface area contributed by atoms with Crippen LogP contribution in [-0.4, -0.2) is 16.4 Å². The number of ether oxygens (including phenoxy) is 2. The highest BCUT2D eigenvalue weighted by Gasteiger charge is 2.17. The quantitative estimate of drug-likeness (QED) is 0.664. The summed E-state index contributed by atoms with van der Waals surface area (Å²) >= 11 is 6.21. The Morgan fingerprint density at radius 3 is 2.63 bits per heavy atom. The van der Waals surface area contributed by atoms with Crippen LogP contribution in [0.4, 0.5) is 0 Å². The van der Waals surface area contributed by atoms with Gasteiger partial charge < -0.3 is 14.8 Å². The first-order valence-electron chi connectivity index (χ1n) is 8.37. The maximum atomic E-state index is 9.04. The number of nitriles is 1. The molecule has 3 aromatic rings. The minimum absolute atomic E-state index is 0.476. The molecule has 1 aromatic heterocycles. The molecule has 0 unspecified atom stereocenters. The summed E-state index contributed by atoms with van der Waals surface area (Å²) in [6, 6.07) is 16.9. The average molecular weight is 383 g/mol. The zero-order chi connectivity index (χ0) is 19.2. The van der Waals surface area contributed by atoms with Gasteiger partial charge in [-0.25, -0.2) is 0 Å². The van der Waals surface area contributed by atoms with Gasteiger partial charge in [0.15, 0.2) is 5.75 Å². The standard InChI is InChI=1S/C20H19ClN4O2/c1-14-20(27-18-5-3-4-16(10-18)11-22)19(25(21)24-14)13-23-12-15-6-8-17(26-2)9-7-15/h3-10,23H,12-13H2,1-2H3. The fraction of sp³-hybridized carbons (Fsp3) is 0.200. The Morgan fingerprint density at radius 2 is 1.93 bits per heavy atom. The van der Waals surface area contributed by atoms with Crippen molar-refractivity contribution in [3.8, 4) is 23.3 Å². The summed E-state index contributed by atoms with van der Waals surface area (Å²) in [5.74, 6) is 1.98. The second-order valence-electron chi connectivity index (χ2n) is 5.91. The normalized spacial score (nSPS) is 10.4. The van der Waals surface area contributed by atoms with Crippen molar-refractivity contribution in [2.75, 3.05) is 7.11 Å². The van der Waals surface area contributed by atoms with Gasteiger partial charge >= 0.3 is 0 Å². The van der Waals surface area contributed by atoms with E-state index in [2.05, 4.69) is 16.5 Å². The maximum Gasteiger partial charge on any atom is 0.174 e. The van der Waals surface area contributed by atoms with Gasteiger partial charge in [0.1, 0.15) is 22.9 Å². The maximum absolute atomic E-state index is 9.04. The monoisotopic (exact) mass is 382 g/mol. The molecule has 0 bridgehead atoms. The smallest absolute Gasteiger partial charge is 0.174 e. The molecule has 0 fully saturated rings. The first-order chi connectivity index (χ1) is 13.1. The van der Waals surface area contributed by atoms with Crippen LogP contribution in [0.5, 0.6) is 17.2 Å². The molecule has 1 N–H and O–H groups in total. The lowest BCUT2D eigenvalue weighted by Crippen LogP contribution is -2.14. The Labute approximate surface area is 163 Å². The number of aryl methyl sites for hydroxylation is 1. The molecular formula is C20H19ClN4O2. The number of benzene rings is 2. The molecule has 1 heterocycles. The number of hydrogen-bond donors (Lipinski definition) is 1. The summed E-state index contributed by atoms with van der Waals surface area (Å²) in [6.07, 6.45) is 0. The Hall–Kier alpha value is -3.01. The minimum Gasteiger partial charge on any atom is -0.497 e. The van der Waals surface area contributed by atoms with Gasteiger partial charge in [-0.05, 0) is 42.8 Å². The molecule has 0 radical (unpaired) electrons. The second-order valence-corrected chi connectivity index (χ2v) is 6.23. The molecule has 27 heavy (non-hydrogen) atoms. The van der Waals surface area contributed by atoms with E-state index in [-0.39, 0.29) is 0 Å². The van der Waals surface area contributed by atoms with E-state index < -0.39 is 0 Å². The molecule has 2 aromatic carbocycles. The number of hydrogen-bond acceptors (Lipinski definition) is 5. The van der Waals surface area contributed by atoms with Crippen LogP contribution < -0.4 is 14.8 Å². The van der Waals surface area contributed by atoms with E-state index in [9.17, 15) is 0 Å². The molecule has 0 aliphatic rings. The molecule has 3 rings (SSSR count). The zero-order valence-electron chi connectivity index (χ0n) is 15.1. The van der Waals surface area contributed by atoms with Gasteiger partial charge in [-0.2, -0.15) is 14.6 Å². The first-order valence-corrected chi connectivity index (χ1v) is 8.71. The van der Waals surface area contributed by atoms with Gasteiger partial charge in [-0.1, -0.05) is 18.2 Å². The summed E-state index contributed by atoms with van der Waals surface area (Å²) in [4.78, 5) is 0. The summed E-state index contributed by atoms with van der Waals surface area (Å²) in [5.41, 5.74) is 3.04. The zero-order valence-corrected chi connectivity index (χ0v) is 15.8. The second kappa shape index (κ2) is 8.58. The number of aromatic nitrogens is 2. The summed E-state index contributed by atoms with van der Waals surface area (Å²) in [6.45, 7) is 2.97. The van der Waals surface area contributed by atoms with Crippen LogP contribution in [0, 0.1) is 18.3 Å². The lowest BCUT2D eigenvalue weighted by atomic mass is 10.2. The van der Waals surface area contributed by atoms with E-state index in [4.69, 9.17) is 26.5 Å². The third-order valence-electron chi connectivity index (χ3n) is 4.01. The Morgan fingerprint density at radius 1 is 1.15 bits per heavy atom. The molecular weight excluding hydrogens is 364 g/mol. The average Bonchev–Trinajstić information content (AvgIpc) is 2.95. The summed E-state index contributed by atoms with van der Waals surface area (Å²) < 4.78 is 12.4. The highest BCUT2D eigenvalue weighted by Crippen LogP contribution is 2.30. The van der Waals surface area contributed by atoms with Crippen LogP contribution in [0.1, 0.15) is 22.5 Å². The fourth-order valence-electron chi connectivity index (χ4n) is 2.62. The molecule has 0 aliphatic carbocycles. The van der Waals surface area contributed by atoms with Crippen LogP contribution in [-0.2, 0) is 13.1 Å². The number of nitrogens with one attached hydrogen (secondary N) is 1. The molecule has 0 spiro atoms. The molecule has 0 atom stereocenters. The fourth-order valence-corrected chi connectivity index (χ4v) is 2.87. The highest BCUT2D eigenvalue weighted by atomic mass is 35.5. The lowest BCUT2D eigenvalue weighted by molar-refractivity contribution is 0.414. The van der Waals surface area contributed by atoms with Crippen molar-refractivity contribution >= 4 is 11.8 Å². The molecule has 0 amide bonds. The predicted molar refractivity (Wildman–Crippen MR) is 103 cm³/mol. The third-order valence-corrected chi connectivity index (χ3v) is 4.29. The Kier molecular flexibility index (Phi) is 5.97. The third kappa shape index (κ3) is 4.59. The van der Waals surface area contributed by atoms with Crippen molar-refractivity contribution in [1.29, 1.82) is 5.26 Å². The molecule has 0 saturated heterocycles. The van der Waals surface area contributed by atoms with Gasteiger partial charge in [0.25, 0.3) is 0 Å². The number of nitrogens with zero attached hydrogens (tertiary/aromatic N) is 3. The number of halogens is 1. The largest absolute Gasteiger partial charge is 0.497 e. The van der Waals surface area contributed by atoms with Crippen molar-refractivity contribution < 1.29 is 9.47 Å². The van der Waals surface area contributed by atoms with Crippen LogP contribution >= 0.6 is 11.8 Å². The van der Waals surface area contributed by atoms with Crippen LogP contribution in [0.2, 0.25) is 0 Å². The van der Waals surface area contributed by atoms with Gasteiger partial charge in [0, 0.05) is 24.9 Å². The Bertz CT molecular complexity index is 961. The molecule has 7 heteroatoms. The topological polar surface area (TPSA) is 72.1 Å². The van der Waals surface area contributed by atoms with Gasteiger partial charge in [-0.3, -0.25) is 0 Å². The van der Waals surface area contributed by atoms with Crippen molar-refractivity contribution in [3.63, 3.8) is 0 Å². The van der Waals surface area contributed by atoms with Crippen molar-refractivity contribution in [2.45, 2.75) is 20.0 Å². The van der Waals surface area contributed by atoms with Crippen LogP contribution in [0.3, 0.4) is 0 Å². The van der Waals surface area contributed by atoms with Gasteiger partial charge in [-0.15, -0.1) is 0 Å². The van der Waals surface area contributed by atoms with E-state index in [0.29, 0.717) is 41.5 Å². The van der Waals surface area contributed by atoms with Gasteiger partial charge in [0.05, 0.1) is 18.7 Å². The van der Waals surface area contributed by atoms with Crippen LogP contribution in [0.25, 0.3) is 0 Å². The SMILES string of the molecule is COc1ccc(CNCc2c(Oc3cccc(C#N)c3)c(C)nn2Cl)cc1. The van der Waals surface area contributed by atoms with E-state index in [1.54, 1.807) is 31.4 Å². The van der Waals surface area contributed by atoms with Crippen molar-refractivity contribution in [3.05, 3.63) is 71.0 Å². The van der Waals surface area contributed by atoms with Crippen molar-refractivity contribution in [2.24, 2.45) is 0 Å². The molecule has 0 aliphatic heterocycles. The summed E-state index contributed by atoms with van der Waals surface area (Å²) in [5, 5.41) is 16.6. The van der Waals surface area contributed by atoms with E-state index in [1.165, 1.54) is 4.20 Å². The van der Waals surface area contributed by atoms with E-state index in [1.807, 2.05) is 31.2 Å². The lowest BCUT2D eigenvalue weighted by Gasteiger charge is -2.10. The van der Waals surface area contributed by atoms with Gasteiger partial charge in [0.2, 0.25) is 0 Å². The summed E-state index contributed by atoms with van der Waals surface area (Å²) in [7, 11) is 1.64. The molecule has 138 valence electrons. The van der Waals surface area contributed by atoms with Crippen LogP contribution in [0.15, 0.2) is 48.5 Å². The number of rotatable bonds is 7. The Balaban J connectivity index is 1.70. The minimum atomic E-state index is 0.476. The van der Waals surface area contributed by atoms with E-state index >= 15 is 0 Å². The van der Waals surface area contributed by atoms with Crippen molar-refractivity contribution in [1.82, 2.24) is 14.6 Å². The highest BCUT2D eigenvalue weighted by molar-refractivity contribution is 6.15. The first kappa shape index (κ1) is 18.8.